The number of anilines is 2. The number of methoxy groups -OCH3 is 1. The maximum absolute atomic E-state index is 13.8. The standard InChI is InChI=1S/C31H23FN2O4S/c1-37-26-16-15-22(28(19-26)38-20-21-9-8-10-23(32)17-21)18-27-29(35)33(24-11-4-2-5-12-24)31(39)34(30(27)36)25-13-6-3-7-14-25/h2-19H,20H2,1H3. The first kappa shape index (κ1) is 25.8. The Labute approximate surface area is 230 Å². The van der Waals surface area contributed by atoms with E-state index in [1.807, 2.05) is 12.1 Å². The van der Waals surface area contributed by atoms with E-state index in [0.717, 1.165) is 0 Å². The van der Waals surface area contributed by atoms with Crippen LogP contribution >= 0.6 is 12.2 Å². The number of carbonyl (C=O) groups is 2. The molecule has 0 atom stereocenters. The molecule has 6 nitrogen and oxygen atoms in total. The van der Waals surface area contributed by atoms with Crippen molar-refractivity contribution in [3.05, 3.63) is 126 Å². The summed E-state index contributed by atoms with van der Waals surface area (Å²) in [4.78, 5) is 30.3. The summed E-state index contributed by atoms with van der Waals surface area (Å²) in [6.07, 6.45) is 1.48. The summed E-state index contributed by atoms with van der Waals surface area (Å²) >= 11 is 5.66. The van der Waals surface area contributed by atoms with Crippen molar-refractivity contribution in [1.29, 1.82) is 0 Å². The second-order valence-electron chi connectivity index (χ2n) is 8.62. The number of benzene rings is 4. The van der Waals surface area contributed by atoms with Gasteiger partial charge in [0.05, 0.1) is 18.5 Å². The molecule has 1 saturated heterocycles. The van der Waals surface area contributed by atoms with Crippen LogP contribution in [0.15, 0.2) is 109 Å². The summed E-state index contributed by atoms with van der Waals surface area (Å²) in [5, 5.41) is 0.0526. The van der Waals surface area contributed by atoms with E-state index in [9.17, 15) is 14.0 Å². The molecule has 1 fully saturated rings. The Hall–Kier alpha value is -4.82. The average Bonchev–Trinajstić information content (AvgIpc) is 2.96. The van der Waals surface area contributed by atoms with Gasteiger partial charge in [0.15, 0.2) is 5.11 Å². The summed E-state index contributed by atoms with van der Waals surface area (Å²) in [6, 6.07) is 29.0. The van der Waals surface area contributed by atoms with Gasteiger partial charge in [-0.2, -0.15) is 0 Å². The molecule has 0 N–H and O–H groups in total. The summed E-state index contributed by atoms with van der Waals surface area (Å²) in [6.45, 7) is 0.0688. The maximum Gasteiger partial charge on any atom is 0.270 e. The molecule has 0 radical (unpaired) electrons. The molecule has 0 saturated carbocycles. The molecule has 0 spiro atoms. The van der Waals surface area contributed by atoms with Crippen LogP contribution < -0.4 is 19.3 Å². The van der Waals surface area contributed by atoms with Gasteiger partial charge in [-0.25, -0.2) is 4.39 Å². The summed E-state index contributed by atoms with van der Waals surface area (Å²) in [5.74, 6) is -0.617. The predicted molar refractivity (Wildman–Crippen MR) is 152 cm³/mol. The maximum atomic E-state index is 13.8. The van der Waals surface area contributed by atoms with Gasteiger partial charge < -0.3 is 9.47 Å². The molecule has 0 aromatic heterocycles. The summed E-state index contributed by atoms with van der Waals surface area (Å²) in [5.41, 5.74) is 2.06. The van der Waals surface area contributed by atoms with Crippen LogP contribution in [0.2, 0.25) is 0 Å². The van der Waals surface area contributed by atoms with Crippen molar-refractivity contribution in [1.82, 2.24) is 0 Å². The molecule has 2 amide bonds. The van der Waals surface area contributed by atoms with Gasteiger partial charge in [-0.1, -0.05) is 48.5 Å². The Balaban J connectivity index is 1.59. The van der Waals surface area contributed by atoms with Gasteiger partial charge in [-0.15, -0.1) is 0 Å². The third-order valence-electron chi connectivity index (χ3n) is 6.08. The Kier molecular flexibility index (Phi) is 7.47. The molecule has 194 valence electrons. The number of rotatable bonds is 7. The zero-order valence-electron chi connectivity index (χ0n) is 20.9. The number of halogens is 1. The number of nitrogens with zero attached hydrogens (tertiary/aromatic N) is 2. The van der Waals surface area contributed by atoms with E-state index in [2.05, 4.69) is 0 Å². The highest BCUT2D eigenvalue weighted by Gasteiger charge is 2.41. The minimum Gasteiger partial charge on any atom is -0.497 e. The predicted octanol–water partition coefficient (Wildman–Crippen LogP) is 6.16. The molecule has 1 heterocycles. The van der Waals surface area contributed by atoms with E-state index < -0.39 is 11.8 Å². The molecule has 39 heavy (non-hydrogen) atoms. The number of ether oxygens (including phenoxy) is 2. The third kappa shape index (κ3) is 5.42. The lowest BCUT2D eigenvalue weighted by Crippen LogP contribution is -2.56. The quantitative estimate of drug-likeness (QED) is 0.160. The van der Waals surface area contributed by atoms with Crippen LogP contribution in [-0.2, 0) is 16.2 Å². The molecular formula is C31H23FN2O4S. The first-order chi connectivity index (χ1) is 19.0. The second-order valence-corrected chi connectivity index (χ2v) is 8.98. The Morgan fingerprint density at radius 1 is 0.795 bits per heavy atom. The van der Waals surface area contributed by atoms with Crippen LogP contribution in [0, 0.1) is 5.82 Å². The number of carbonyl (C=O) groups excluding carboxylic acids is 2. The van der Waals surface area contributed by atoms with Crippen molar-refractivity contribution in [3.63, 3.8) is 0 Å². The molecule has 0 bridgehead atoms. The van der Waals surface area contributed by atoms with Crippen molar-refractivity contribution < 1.29 is 23.5 Å². The number of hydrogen-bond donors (Lipinski definition) is 0. The van der Waals surface area contributed by atoms with Crippen LogP contribution in [0.1, 0.15) is 11.1 Å². The topological polar surface area (TPSA) is 59.1 Å². The van der Waals surface area contributed by atoms with Crippen LogP contribution in [0.3, 0.4) is 0 Å². The Bertz CT molecular complexity index is 1510. The van der Waals surface area contributed by atoms with Gasteiger partial charge in [-0.05, 0) is 72.4 Å². The van der Waals surface area contributed by atoms with Crippen molar-refractivity contribution in [2.45, 2.75) is 6.61 Å². The van der Waals surface area contributed by atoms with E-state index in [-0.39, 0.29) is 23.1 Å². The van der Waals surface area contributed by atoms with Crippen LogP contribution in [-0.4, -0.2) is 24.0 Å². The van der Waals surface area contributed by atoms with Crippen molar-refractivity contribution >= 4 is 46.6 Å². The number of para-hydroxylation sites is 2. The highest BCUT2D eigenvalue weighted by Crippen LogP contribution is 2.33. The monoisotopic (exact) mass is 538 g/mol. The SMILES string of the molecule is COc1ccc(C=C2C(=O)N(c3ccccc3)C(=S)N(c3ccccc3)C2=O)c(OCc2cccc(F)c2)c1. The fourth-order valence-electron chi connectivity index (χ4n) is 4.17. The van der Waals surface area contributed by atoms with Crippen molar-refractivity contribution in [2.24, 2.45) is 0 Å². The summed E-state index contributed by atoms with van der Waals surface area (Å²) < 4.78 is 25.1. The zero-order valence-corrected chi connectivity index (χ0v) is 21.7. The van der Waals surface area contributed by atoms with Gasteiger partial charge in [0, 0.05) is 11.6 Å². The molecule has 4 aromatic rings. The van der Waals surface area contributed by atoms with E-state index in [0.29, 0.717) is 34.0 Å². The molecule has 4 aromatic carbocycles. The number of amides is 2. The van der Waals surface area contributed by atoms with Gasteiger partial charge in [0.25, 0.3) is 11.8 Å². The molecule has 0 aliphatic carbocycles. The lowest BCUT2D eigenvalue weighted by atomic mass is 10.0. The minimum atomic E-state index is -0.560. The third-order valence-corrected chi connectivity index (χ3v) is 6.45. The van der Waals surface area contributed by atoms with Crippen molar-refractivity contribution in [3.8, 4) is 11.5 Å². The minimum absolute atomic E-state index is 0.0526. The zero-order chi connectivity index (χ0) is 27.4. The van der Waals surface area contributed by atoms with Crippen LogP contribution in [0.4, 0.5) is 15.8 Å². The molecule has 1 aliphatic rings. The smallest absolute Gasteiger partial charge is 0.270 e. The fourth-order valence-corrected chi connectivity index (χ4v) is 4.54. The van der Waals surface area contributed by atoms with Gasteiger partial charge in [0.2, 0.25) is 0 Å². The van der Waals surface area contributed by atoms with E-state index >= 15 is 0 Å². The molecule has 0 unspecified atom stereocenters. The van der Waals surface area contributed by atoms with Gasteiger partial charge in [-0.3, -0.25) is 19.4 Å². The van der Waals surface area contributed by atoms with Gasteiger partial charge >= 0.3 is 0 Å². The lowest BCUT2D eigenvalue weighted by molar-refractivity contribution is -0.120. The first-order valence-electron chi connectivity index (χ1n) is 12.1. The van der Waals surface area contributed by atoms with Crippen LogP contribution in [0.25, 0.3) is 6.08 Å². The molecule has 1 aliphatic heterocycles. The highest BCUT2D eigenvalue weighted by molar-refractivity contribution is 7.81. The number of hydrogen-bond acceptors (Lipinski definition) is 5. The first-order valence-corrected chi connectivity index (χ1v) is 12.5. The van der Waals surface area contributed by atoms with Gasteiger partial charge in [0.1, 0.15) is 29.5 Å². The fraction of sp³-hybridized carbons (Fsp3) is 0.0645. The highest BCUT2D eigenvalue weighted by atomic mass is 32.1. The summed E-state index contributed by atoms with van der Waals surface area (Å²) in [7, 11) is 1.52. The van der Waals surface area contributed by atoms with E-state index in [1.165, 1.54) is 35.1 Å². The van der Waals surface area contributed by atoms with E-state index in [1.54, 1.807) is 78.9 Å². The van der Waals surface area contributed by atoms with Crippen LogP contribution in [0.5, 0.6) is 11.5 Å². The normalized spacial score (nSPS) is 13.5. The van der Waals surface area contributed by atoms with Crippen molar-refractivity contribution in [2.75, 3.05) is 16.9 Å². The Morgan fingerprint density at radius 3 is 1.97 bits per heavy atom. The molecule has 5 rings (SSSR count). The number of thiocarbonyl (C=S) groups is 1. The molecule has 8 heteroatoms. The Morgan fingerprint density at radius 2 is 1.41 bits per heavy atom. The molecular weight excluding hydrogens is 515 g/mol. The van der Waals surface area contributed by atoms with E-state index in [4.69, 9.17) is 21.7 Å². The lowest BCUT2D eigenvalue weighted by Gasteiger charge is -2.36. The largest absolute Gasteiger partial charge is 0.497 e. The second kappa shape index (κ2) is 11.3. The average molecular weight is 539 g/mol.